The lowest BCUT2D eigenvalue weighted by atomic mass is 10.0. The lowest BCUT2D eigenvalue weighted by Crippen LogP contribution is -2.42. The van der Waals surface area contributed by atoms with Crippen molar-refractivity contribution in [2.45, 2.75) is 38.7 Å². The Balaban J connectivity index is 1.64. The van der Waals surface area contributed by atoms with Gasteiger partial charge >= 0.3 is 6.09 Å². The number of fused-ring (bicyclic) bond motifs is 1. The highest BCUT2D eigenvalue weighted by Gasteiger charge is 2.24. The second-order valence-corrected chi connectivity index (χ2v) is 6.79. The van der Waals surface area contributed by atoms with Crippen molar-refractivity contribution in [3.63, 3.8) is 0 Å². The van der Waals surface area contributed by atoms with Crippen LogP contribution in [0, 0.1) is 12.7 Å². The SMILES string of the molecule is Cc1ccc(F)c2c(=O)[nH]c(CCC(=O)N3CCC(OC(N)=O)CC3)cc12. The smallest absolute Gasteiger partial charge is 0.404 e. The van der Waals surface area contributed by atoms with Crippen molar-refractivity contribution in [3.05, 3.63) is 45.6 Å². The molecule has 1 aromatic heterocycles. The number of H-pyrrole nitrogens is 1. The molecule has 2 amide bonds. The number of piperidine rings is 1. The Bertz CT molecular complexity index is 932. The molecule has 0 saturated carbocycles. The van der Waals surface area contributed by atoms with Crippen molar-refractivity contribution in [2.24, 2.45) is 5.73 Å². The van der Waals surface area contributed by atoms with Gasteiger partial charge in [0, 0.05) is 38.0 Å². The summed E-state index contributed by atoms with van der Waals surface area (Å²) in [5, 5.41) is 0.604. The van der Waals surface area contributed by atoms with Crippen LogP contribution < -0.4 is 11.3 Å². The monoisotopic (exact) mass is 375 g/mol. The number of hydrogen-bond donors (Lipinski definition) is 2. The average Bonchev–Trinajstić information content (AvgIpc) is 2.62. The van der Waals surface area contributed by atoms with Gasteiger partial charge in [-0.05, 0) is 36.4 Å². The number of benzene rings is 1. The van der Waals surface area contributed by atoms with E-state index in [-0.39, 0.29) is 23.8 Å². The molecule has 2 aromatic rings. The minimum atomic E-state index is -0.799. The third-order valence-electron chi connectivity index (χ3n) is 4.92. The minimum Gasteiger partial charge on any atom is -0.446 e. The number of nitrogens with two attached hydrogens (primary N) is 1. The van der Waals surface area contributed by atoms with Crippen LogP contribution in [0.4, 0.5) is 9.18 Å². The topological polar surface area (TPSA) is 105 Å². The van der Waals surface area contributed by atoms with E-state index in [1.165, 1.54) is 6.07 Å². The molecule has 1 aliphatic heterocycles. The highest BCUT2D eigenvalue weighted by atomic mass is 19.1. The fraction of sp³-hybridized carbons (Fsp3) is 0.421. The molecule has 1 fully saturated rings. The highest BCUT2D eigenvalue weighted by Crippen LogP contribution is 2.20. The summed E-state index contributed by atoms with van der Waals surface area (Å²) in [5.74, 6) is -0.593. The molecule has 0 spiro atoms. The lowest BCUT2D eigenvalue weighted by Gasteiger charge is -2.31. The van der Waals surface area contributed by atoms with Crippen LogP contribution in [0.2, 0.25) is 0 Å². The van der Waals surface area contributed by atoms with Gasteiger partial charge in [-0.2, -0.15) is 0 Å². The molecule has 7 nitrogen and oxygen atoms in total. The molecule has 0 aliphatic carbocycles. The van der Waals surface area contributed by atoms with Crippen LogP contribution in [0.15, 0.2) is 23.0 Å². The Kier molecular flexibility index (Phi) is 5.43. The molecule has 0 unspecified atom stereocenters. The maximum Gasteiger partial charge on any atom is 0.404 e. The normalized spacial score (nSPS) is 15.1. The molecule has 3 N–H and O–H groups in total. The predicted molar refractivity (Wildman–Crippen MR) is 97.9 cm³/mol. The van der Waals surface area contributed by atoms with Gasteiger partial charge in [0.15, 0.2) is 0 Å². The van der Waals surface area contributed by atoms with Crippen LogP contribution in [-0.4, -0.2) is 41.1 Å². The average molecular weight is 375 g/mol. The Hall–Kier alpha value is -2.90. The van der Waals surface area contributed by atoms with Crippen molar-refractivity contribution >= 4 is 22.8 Å². The first kappa shape index (κ1) is 18.9. The van der Waals surface area contributed by atoms with Crippen molar-refractivity contribution in [3.8, 4) is 0 Å². The number of carbonyl (C=O) groups is 2. The van der Waals surface area contributed by atoms with Crippen molar-refractivity contribution in [1.82, 2.24) is 9.88 Å². The molecule has 0 atom stereocenters. The van der Waals surface area contributed by atoms with Crippen LogP contribution in [0.5, 0.6) is 0 Å². The molecule has 0 radical (unpaired) electrons. The molecule has 3 rings (SSSR count). The second-order valence-electron chi connectivity index (χ2n) is 6.79. The summed E-state index contributed by atoms with van der Waals surface area (Å²) in [7, 11) is 0. The fourth-order valence-corrected chi connectivity index (χ4v) is 3.45. The van der Waals surface area contributed by atoms with Gasteiger partial charge in [0.2, 0.25) is 5.91 Å². The number of pyridine rings is 1. The largest absolute Gasteiger partial charge is 0.446 e. The fourth-order valence-electron chi connectivity index (χ4n) is 3.45. The molecule has 0 bridgehead atoms. The van der Waals surface area contributed by atoms with Crippen molar-refractivity contribution < 1.29 is 18.7 Å². The van der Waals surface area contributed by atoms with Gasteiger partial charge in [-0.3, -0.25) is 9.59 Å². The summed E-state index contributed by atoms with van der Waals surface area (Å²) in [5.41, 5.74) is 5.93. The van der Waals surface area contributed by atoms with Gasteiger partial charge < -0.3 is 20.4 Å². The van der Waals surface area contributed by atoms with E-state index in [1.54, 1.807) is 17.0 Å². The van der Waals surface area contributed by atoms with Gasteiger partial charge in [-0.25, -0.2) is 9.18 Å². The van der Waals surface area contributed by atoms with E-state index < -0.39 is 17.5 Å². The summed E-state index contributed by atoms with van der Waals surface area (Å²) < 4.78 is 18.9. The number of aromatic nitrogens is 1. The zero-order chi connectivity index (χ0) is 19.6. The highest BCUT2D eigenvalue weighted by molar-refractivity contribution is 5.85. The van der Waals surface area contributed by atoms with Gasteiger partial charge in [0.1, 0.15) is 11.9 Å². The molecule has 27 heavy (non-hydrogen) atoms. The minimum absolute atomic E-state index is 0.0376. The second kappa shape index (κ2) is 7.77. The van der Waals surface area contributed by atoms with Crippen LogP contribution >= 0.6 is 0 Å². The quantitative estimate of drug-likeness (QED) is 0.852. The summed E-state index contributed by atoms with van der Waals surface area (Å²) in [6.45, 7) is 2.80. The Morgan fingerprint density at radius 3 is 2.70 bits per heavy atom. The maximum absolute atomic E-state index is 13.9. The maximum atomic E-state index is 13.9. The number of aryl methyl sites for hydroxylation is 2. The van der Waals surface area contributed by atoms with Crippen LogP contribution in [0.1, 0.15) is 30.5 Å². The van der Waals surface area contributed by atoms with Gasteiger partial charge in [-0.15, -0.1) is 0 Å². The van der Waals surface area contributed by atoms with Crippen LogP contribution in [-0.2, 0) is 16.0 Å². The number of nitrogens with zero attached hydrogens (tertiary/aromatic N) is 1. The van der Waals surface area contributed by atoms with Crippen LogP contribution in [0.3, 0.4) is 0 Å². The van der Waals surface area contributed by atoms with Crippen LogP contribution in [0.25, 0.3) is 10.8 Å². The molecule has 144 valence electrons. The first-order valence-electron chi connectivity index (χ1n) is 8.90. The first-order valence-corrected chi connectivity index (χ1v) is 8.90. The summed E-state index contributed by atoms with van der Waals surface area (Å²) in [6.07, 6.45) is 0.655. The molecule has 1 aliphatic rings. The van der Waals surface area contributed by atoms with E-state index >= 15 is 0 Å². The number of amides is 2. The van der Waals surface area contributed by atoms with Gasteiger partial charge in [0.05, 0.1) is 5.39 Å². The number of likely N-dealkylation sites (tertiary alicyclic amines) is 1. The van der Waals surface area contributed by atoms with E-state index in [0.29, 0.717) is 43.4 Å². The summed E-state index contributed by atoms with van der Waals surface area (Å²) in [4.78, 5) is 39.8. The molecule has 8 heteroatoms. The zero-order valence-corrected chi connectivity index (χ0v) is 15.1. The van der Waals surface area contributed by atoms with E-state index in [0.717, 1.165) is 5.56 Å². The number of ether oxygens (including phenoxy) is 1. The lowest BCUT2D eigenvalue weighted by molar-refractivity contribution is -0.133. The molecular weight excluding hydrogens is 353 g/mol. The summed E-state index contributed by atoms with van der Waals surface area (Å²) >= 11 is 0. The molecule has 1 saturated heterocycles. The van der Waals surface area contributed by atoms with E-state index in [4.69, 9.17) is 10.5 Å². The molecule has 1 aromatic carbocycles. The number of carbonyl (C=O) groups excluding carboxylic acids is 2. The third-order valence-corrected chi connectivity index (χ3v) is 4.92. The van der Waals surface area contributed by atoms with Gasteiger partial charge in [-0.1, -0.05) is 6.07 Å². The number of hydrogen-bond acceptors (Lipinski definition) is 4. The number of nitrogens with one attached hydrogen (secondary N) is 1. The van der Waals surface area contributed by atoms with Crippen molar-refractivity contribution in [2.75, 3.05) is 13.1 Å². The first-order chi connectivity index (χ1) is 12.8. The number of primary amides is 1. The molecular formula is C19H22FN3O4. The van der Waals surface area contributed by atoms with E-state index in [2.05, 4.69) is 4.98 Å². The third kappa shape index (κ3) is 4.27. The molecule has 2 heterocycles. The van der Waals surface area contributed by atoms with E-state index in [1.807, 2.05) is 6.92 Å². The Labute approximate surface area is 155 Å². The number of rotatable bonds is 4. The van der Waals surface area contributed by atoms with Gasteiger partial charge in [0.25, 0.3) is 5.56 Å². The number of halogens is 1. The van der Waals surface area contributed by atoms with E-state index in [9.17, 15) is 18.8 Å². The summed E-state index contributed by atoms with van der Waals surface area (Å²) in [6, 6.07) is 4.64. The standard InChI is InChI=1S/C19H22FN3O4/c1-11-2-4-15(20)17-14(11)10-12(22-18(17)25)3-5-16(24)23-8-6-13(7-9-23)27-19(21)26/h2,4,10,13H,3,5-9H2,1H3,(H2,21,26)(H,22,25). The zero-order valence-electron chi connectivity index (χ0n) is 15.1. The number of aromatic amines is 1. The van der Waals surface area contributed by atoms with Crippen molar-refractivity contribution in [1.29, 1.82) is 0 Å². The Morgan fingerprint density at radius 2 is 2.04 bits per heavy atom. The predicted octanol–water partition coefficient (Wildman–Crippen LogP) is 1.99. The Morgan fingerprint density at radius 1 is 1.33 bits per heavy atom.